The van der Waals surface area contributed by atoms with Gasteiger partial charge in [-0.1, -0.05) is 35.3 Å². The van der Waals surface area contributed by atoms with Gasteiger partial charge in [-0.15, -0.1) is 0 Å². The van der Waals surface area contributed by atoms with E-state index < -0.39 is 12.1 Å². The zero-order valence-electron chi connectivity index (χ0n) is 23.0. The van der Waals surface area contributed by atoms with Gasteiger partial charge in [-0.3, -0.25) is 9.80 Å². The number of carbonyl (C=O) groups is 1. The third-order valence-corrected chi connectivity index (χ3v) is 9.24. The number of halogens is 5. The number of alkyl halides is 3. The van der Waals surface area contributed by atoms with Crippen molar-refractivity contribution < 1.29 is 23.1 Å². The minimum Gasteiger partial charge on any atom is -0.393 e. The average molecular weight is 623 g/mol. The molecule has 7 nitrogen and oxygen atoms in total. The van der Waals surface area contributed by atoms with Crippen molar-refractivity contribution in [1.29, 1.82) is 5.26 Å². The third kappa shape index (κ3) is 6.70. The summed E-state index contributed by atoms with van der Waals surface area (Å²) in [5, 5.41) is 24.4. The minimum absolute atomic E-state index is 0.0381. The van der Waals surface area contributed by atoms with Crippen molar-refractivity contribution in [3.05, 3.63) is 57.6 Å². The van der Waals surface area contributed by atoms with E-state index in [2.05, 4.69) is 15.0 Å². The second-order valence-corrected chi connectivity index (χ2v) is 12.0. The van der Waals surface area contributed by atoms with Gasteiger partial charge in [0.25, 0.3) is 5.91 Å². The number of amides is 1. The quantitative estimate of drug-likeness (QED) is 0.403. The van der Waals surface area contributed by atoms with E-state index in [1.165, 1.54) is 4.90 Å². The minimum atomic E-state index is -4.22. The fourth-order valence-electron chi connectivity index (χ4n) is 6.11. The van der Waals surface area contributed by atoms with Crippen LogP contribution in [0.2, 0.25) is 10.0 Å². The van der Waals surface area contributed by atoms with Crippen LogP contribution < -0.4 is 0 Å². The van der Waals surface area contributed by atoms with Crippen LogP contribution in [0.15, 0.2) is 41.4 Å². The van der Waals surface area contributed by atoms with Gasteiger partial charge in [0, 0.05) is 54.3 Å². The Bertz CT molecular complexity index is 1340. The molecule has 0 saturated carbocycles. The molecule has 2 aromatic rings. The summed E-state index contributed by atoms with van der Waals surface area (Å²) in [5.74, 6) is -0.990. The number of hydrazine groups is 1. The molecule has 224 valence electrons. The van der Waals surface area contributed by atoms with Crippen molar-refractivity contribution in [2.45, 2.75) is 50.8 Å². The molecule has 3 aliphatic heterocycles. The van der Waals surface area contributed by atoms with Crippen LogP contribution in [0.3, 0.4) is 0 Å². The SMILES string of the molecule is N#C/N=C1/C(Cc2c(Cl)cc(-c3ccc(C(=O)N4CCC(C(F)(F)F)CC4)cc3)cc2Cl)CCN1N1CCC(O)CC1. The van der Waals surface area contributed by atoms with Gasteiger partial charge in [0.15, 0.2) is 0 Å². The fourth-order valence-corrected chi connectivity index (χ4v) is 6.76. The van der Waals surface area contributed by atoms with Gasteiger partial charge in [-0.05, 0) is 79.5 Å². The number of aliphatic hydroxyl groups excluding tert-OH is 1. The number of carbonyl (C=O) groups excluding carboxylic acids is 1. The van der Waals surface area contributed by atoms with Gasteiger partial charge < -0.3 is 10.0 Å². The van der Waals surface area contributed by atoms with E-state index in [-0.39, 0.29) is 43.9 Å². The Morgan fingerprint density at radius 1 is 0.952 bits per heavy atom. The molecule has 1 unspecified atom stereocenters. The molecule has 0 bridgehead atoms. The number of hydrogen-bond acceptors (Lipinski definition) is 5. The molecule has 42 heavy (non-hydrogen) atoms. The lowest BCUT2D eigenvalue weighted by molar-refractivity contribution is -0.183. The van der Waals surface area contributed by atoms with Crippen LogP contribution in [0.4, 0.5) is 13.2 Å². The van der Waals surface area contributed by atoms with E-state index in [1.54, 1.807) is 24.3 Å². The zero-order chi connectivity index (χ0) is 30.0. The number of likely N-dealkylation sites (tertiary alicyclic amines) is 1. The van der Waals surface area contributed by atoms with Gasteiger partial charge in [0.05, 0.1) is 12.0 Å². The molecular formula is C30H32Cl2F3N5O2. The highest BCUT2D eigenvalue weighted by Crippen LogP contribution is 2.37. The monoisotopic (exact) mass is 621 g/mol. The maximum atomic E-state index is 13.0. The number of aliphatic hydroxyl groups is 1. The molecule has 1 N–H and O–H groups in total. The molecule has 1 atom stereocenters. The number of nitriles is 1. The summed E-state index contributed by atoms with van der Waals surface area (Å²) >= 11 is 13.5. The first-order valence-corrected chi connectivity index (χ1v) is 14.9. The van der Waals surface area contributed by atoms with Crippen molar-refractivity contribution in [3.63, 3.8) is 0 Å². The fraction of sp³-hybridized carbons (Fsp3) is 0.500. The van der Waals surface area contributed by atoms with E-state index in [1.807, 2.05) is 18.3 Å². The summed E-state index contributed by atoms with van der Waals surface area (Å²) < 4.78 is 38.9. The molecule has 0 aromatic heterocycles. The molecule has 1 amide bonds. The molecule has 0 radical (unpaired) electrons. The molecule has 5 rings (SSSR count). The molecule has 0 spiro atoms. The average Bonchev–Trinajstić information content (AvgIpc) is 3.36. The van der Waals surface area contributed by atoms with Gasteiger partial charge in [-0.2, -0.15) is 23.4 Å². The Hall–Kier alpha value is -2.84. The number of benzene rings is 2. The molecule has 3 saturated heterocycles. The van der Waals surface area contributed by atoms with Crippen LogP contribution in [0.5, 0.6) is 0 Å². The Morgan fingerprint density at radius 2 is 1.57 bits per heavy atom. The summed E-state index contributed by atoms with van der Waals surface area (Å²) in [4.78, 5) is 18.5. The summed E-state index contributed by atoms with van der Waals surface area (Å²) in [6.07, 6.45) is -0.0898. The van der Waals surface area contributed by atoms with E-state index in [9.17, 15) is 28.3 Å². The molecule has 3 aliphatic rings. The topological polar surface area (TPSA) is 83.2 Å². The van der Waals surface area contributed by atoms with Crippen LogP contribution in [0.1, 0.15) is 48.0 Å². The predicted octanol–water partition coefficient (Wildman–Crippen LogP) is 6.19. The summed E-state index contributed by atoms with van der Waals surface area (Å²) in [7, 11) is 0. The molecule has 3 fully saturated rings. The molecule has 12 heteroatoms. The molecule has 0 aliphatic carbocycles. The lowest BCUT2D eigenvalue weighted by Gasteiger charge is -2.37. The van der Waals surface area contributed by atoms with Crippen molar-refractivity contribution in [1.82, 2.24) is 14.9 Å². The van der Waals surface area contributed by atoms with Crippen LogP contribution >= 0.6 is 23.2 Å². The Kier molecular flexibility index (Phi) is 9.33. The second-order valence-electron chi connectivity index (χ2n) is 11.2. The second kappa shape index (κ2) is 12.8. The predicted molar refractivity (Wildman–Crippen MR) is 155 cm³/mol. The third-order valence-electron chi connectivity index (χ3n) is 8.57. The lowest BCUT2D eigenvalue weighted by atomic mass is 9.94. The molecule has 3 heterocycles. The largest absolute Gasteiger partial charge is 0.393 e. The standard InChI is InChI=1S/C30H32Cl2F3N5O2/c31-26-16-22(19-1-3-20(4-2-19)29(42)38-10-6-23(7-11-38)30(33,34)35)17-27(32)25(26)15-21-5-14-40(28(21)37-18-36)39-12-8-24(41)9-13-39/h1-4,16-17,21,23-24,41H,5-15H2/b37-28-. The first-order valence-electron chi connectivity index (χ1n) is 14.2. The summed E-state index contributed by atoms with van der Waals surface area (Å²) in [6.45, 7) is 2.29. The molecule has 2 aromatic carbocycles. The smallest absolute Gasteiger partial charge is 0.391 e. The summed E-state index contributed by atoms with van der Waals surface area (Å²) in [5.41, 5.74) is 2.74. The zero-order valence-corrected chi connectivity index (χ0v) is 24.5. The number of amidine groups is 1. The number of rotatable bonds is 5. The normalized spacial score (nSPS) is 22.1. The maximum Gasteiger partial charge on any atom is 0.391 e. The number of piperidine rings is 2. The van der Waals surface area contributed by atoms with E-state index in [4.69, 9.17) is 23.2 Å². The van der Waals surface area contributed by atoms with Crippen LogP contribution in [-0.4, -0.2) is 76.8 Å². The Labute approximate surface area is 253 Å². The Balaban J connectivity index is 1.26. The van der Waals surface area contributed by atoms with Gasteiger partial charge >= 0.3 is 6.18 Å². The van der Waals surface area contributed by atoms with Gasteiger partial charge in [-0.25, -0.2) is 5.01 Å². The number of aliphatic imine (C=N–C) groups is 1. The van der Waals surface area contributed by atoms with E-state index in [0.717, 1.165) is 29.7 Å². The lowest BCUT2D eigenvalue weighted by Crippen LogP contribution is -2.49. The van der Waals surface area contributed by atoms with Crippen molar-refractivity contribution in [2.75, 3.05) is 32.7 Å². The number of nitrogens with zero attached hydrogens (tertiary/aromatic N) is 5. The first kappa shape index (κ1) is 30.6. The van der Waals surface area contributed by atoms with Crippen molar-refractivity contribution >= 4 is 34.9 Å². The van der Waals surface area contributed by atoms with E-state index >= 15 is 0 Å². The first-order chi connectivity index (χ1) is 20.0. The molecular weight excluding hydrogens is 590 g/mol. The highest BCUT2D eigenvalue weighted by molar-refractivity contribution is 6.36. The van der Waals surface area contributed by atoms with E-state index in [0.29, 0.717) is 53.8 Å². The Morgan fingerprint density at radius 3 is 2.14 bits per heavy atom. The highest BCUT2D eigenvalue weighted by atomic mass is 35.5. The highest BCUT2D eigenvalue weighted by Gasteiger charge is 2.42. The summed E-state index contributed by atoms with van der Waals surface area (Å²) in [6, 6.07) is 10.5. The van der Waals surface area contributed by atoms with Gasteiger partial charge in [0.2, 0.25) is 6.19 Å². The maximum absolute atomic E-state index is 13.0. The van der Waals surface area contributed by atoms with Gasteiger partial charge in [0.1, 0.15) is 5.84 Å². The van der Waals surface area contributed by atoms with Crippen LogP contribution in [0.25, 0.3) is 11.1 Å². The van der Waals surface area contributed by atoms with Crippen molar-refractivity contribution in [2.24, 2.45) is 16.8 Å². The van der Waals surface area contributed by atoms with Crippen molar-refractivity contribution in [3.8, 4) is 17.3 Å². The van der Waals surface area contributed by atoms with Crippen LogP contribution in [-0.2, 0) is 6.42 Å². The number of hydrogen-bond donors (Lipinski definition) is 1. The van der Waals surface area contributed by atoms with Crippen LogP contribution in [0, 0.1) is 23.3 Å².